The van der Waals surface area contributed by atoms with E-state index in [0.717, 1.165) is 36.6 Å². The van der Waals surface area contributed by atoms with E-state index in [1.807, 2.05) is 36.4 Å². The molecule has 2 aromatic rings. The van der Waals surface area contributed by atoms with Crippen molar-refractivity contribution < 1.29 is 9.47 Å². The van der Waals surface area contributed by atoms with Crippen LogP contribution in [0.5, 0.6) is 17.2 Å². The normalized spacial score (nSPS) is 17.7. The highest BCUT2D eigenvalue weighted by atomic mass is 16.5. The number of methoxy groups -OCH3 is 1. The fraction of sp³-hybridized carbons (Fsp3) is 0.400. The Balaban J connectivity index is 1.70. The van der Waals surface area contributed by atoms with Crippen molar-refractivity contribution in [3.05, 3.63) is 54.1 Å². The van der Waals surface area contributed by atoms with E-state index in [9.17, 15) is 0 Å². The number of piperidine rings is 1. The van der Waals surface area contributed by atoms with Crippen molar-refractivity contribution in [2.75, 3.05) is 13.7 Å². The highest BCUT2D eigenvalue weighted by Crippen LogP contribution is 2.33. The zero-order valence-corrected chi connectivity index (χ0v) is 13.8. The van der Waals surface area contributed by atoms with Crippen LogP contribution >= 0.6 is 0 Å². The molecule has 2 aromatic carbocycles. The van der Waals surface area contributed by atoms with Crippen molar-refractivity contribution in [3.63, 3.8) is 0 Å². The smallest absolute Gasteiger partial charge is 0.169 e. The Morgan fingerprint density at radius 3 is 2.43 bits per heavy atom. The molecule has 1 aliphatic rings. The maximum Gasteiger partial charge on any atom is 0.169 e. The number of hydrogen-bond donors (Lipinski definition) is 1. The van der Waals surface area contributed by atoms with Gasteiger partial charge in [-0.25, -0.2) is 0 Å². The minimum atomic E-state index is 0.642. The van der Waals surface area contributed by atoms with Crippen molar-refractivity contribution in [1.82, 2.24) is 5.32 Å². The van der Waals surface area contributed by atoms with Crippen LogP contribution in [0.4, 0.5) is 0 Å². The largest absolute Gasteiger partial charge is 0.493 e. The minimum absolute atomic E-state index is 0.642. The molecule has 0 spiro atoms. The molecule has 0 aliphatic carbocycles. The van der Waals surface area contributed by atoms with E-state index in [4.69, 9.17) is 9.47 Å². The molecule has 3 nitrogen and oxygen atoms in total. The van der Waals surface area contributed by atoms with E-state index in [-0.39, 0.29) is 0 Å². The lowest BCUT2D eigenvalue weighted by Gasteiger charge is -2.23. The molecular weight excluding hydrogens is 286 g/mol. The van der Waals surface area contributed by atoms with Crippen LogP contribution in [0.15, 0.2) is 48.5 Å². The summed E-state index contributed by atoms with van der Waals surface area (Å²) in [5, 5.41) is 3.62. The highest BCUT2D eigenvalue weighted by Gasteiger charge is 2.14. The first-order valence-electron chi connectivity index (χ1n) is 8.49. The maximum atomic E-state index is 6.13. The number of para-hydroxylation sites is 3. The molecule has 122 valence electrons. The Bertz CT molecular complexity index is 621. The number of nitrogens with one attached hydrogen (secondary N) is 1. The van der Waals surface area contributed by atoms with Crippen molar-refractivity contribution in [2.24, 2.45) is 0 Å². The molecule has 1 saturated heterocycles. The molecule has 3 heteroatoms. The lowest BCUT2D eigenvalue weighted by Crippen LogP contribution is -2.34. The molecule has 1 aliphatic heterocycles. The highest BCUT2D eigenvalue weighted by molar-refractivity contribution is 5.44. The summed E-state index contributed by atoms with van der Waals surface area (Å²) in [5.41, 5.74) is 1.26. The van der Waals surface area contributed by atoms with Crippen molar-refractivity contribution in [1.29, 1.82) is 0 Å². The Hall–Kier alpha value is -2.00. The molecule has 1 atom stereocenters. The zero-order chi connectivity index (χ0) is 15.9. The molecule has 1 fully saturated rings. The number of aryl methyl sites for hydroxylation is 1. The van der Waals surface area contributed by atoms with Gasteiger partial charge in [0.25, 0.3) is 0 Å². The second-order valence-corrected chi connectivity index (χ2v) is 6.05. The maximum absolute atomic E-state index is 6.13. The fourth-order valence-corrected chi connectivity index (χ4v) is 3.13. The van der Waals surface area contributed by atoms with E-state index >= 15 is 0 Å². The molecule has 1 unspecified atom stereocenters. The summed E-state index contributed by atoms with van der Waals surface area (Å²) >= 11 is 0. The molecule has 1 heterocycles. The van der Waals surface area contributed by atoms with Gasteiger partial charge < -0.3 is 14.8 Å². The molecule has 3 rings (SSSR count). The first kappa shape index (κ1) is 15.9. The number of ether oxygens (including phenoxy) is 2. The van der Waals surface area contributed by atoms with Crippen LogP contribution in [0, 0.1) is 0 Å². The predicted octanol–water partition coefficient (Wildman–Crippen LogP) is 4.56. The van der Waals surface area contributed by atoms with Crippen LogP contribution in [0.1, 0.15) is 31.2 Å². The molecule has 0 radical (unpaired) electrons. The molecule has 23 heavy (non-hydrogen) atoms. The summed E-state index contributed by atoms with van der Waals surface area (Å²) in [6, 6.07) is 16.7. The van der Waals surface area contributed by atoms with Crippen LogP contribution in [0.2, 0.25) is 0 Å². The van der Waals surface area contributed by atoms with Gasteiger partial charge in [-0.3, -0.25) is 0 Å². The van der Waals surface area contributed by atoms with E-state index < -0.39 is 0 Å². The quantitative estimate of drug-likeness (QED) is 0.848. The SMILES string of the molecule is COc1ccccc1Oc1ccccc1CCC1CCCCN1. The monoisotopic (exact) mass is 311 g/mol. The molecule has 0 aromatic heterocycles. The van der Waals surface area contributed by atoms with Crippen molar-refractivity contribution in [2.45, 2.75) is 38.1 Å². The molecule has 0 saturated carbocycles. The summed E-state index contributed by atoms with van der Waals surface area (Å²) in [5.74, 6) is 2.45. The third-order valence-corrected chi connectivity index (χ3v) is 4.44. The lowest BCUT2D eigenvalue weighted by molar-refractivity contribution is 0.372. The van der Waals surface area contributed by atoms with E-state index in [0.29, 0.717) is 6.04 Å². The number of hydrogen-bond acceptors (Lipinski definition) is 3. The van der Waals surface area contributed by atoms with Crippen molar-refractivity contribution >= 4 is 0 Å². The van der Waals surface area contributed by atoms with Gasteiger partial charge in [0.05, 0.1) is 7.11 Å². The zero-order valence-electron chi connectivity index (χ0n) is 13.8. The van der Waals surface area contributed by atoms with E-state index in [2.05, 4.69) is 17.4 Å². The standard InChI is InChI=1S/C20H25NO2/c1-22-19-11-4-5-12-20(19)23-18-10-3-2-8-16(18)13-14-17-9-6-7-15-21-17/h2-5,8,10-12,17,21H,6-7,9,13-15H2,1H3. The summed E-state index contributed by atoms with van der Waals surface area (Å²) in [6.07, 6.45) is 6.13. The minimum Gasteiger partial charge on any atom is -0.493 e. The summed E-state index contributed by atoms with van der Waals surface area (Å²) in [6.45, 7) is 1.16. The molecule has 0 amide bonds. The molecular formula is C20H25NO2. The molecule has 0 bridgehead atoms. The van der Waals surface area contributed by atoms with E-state index in [1.165, 1.54) is 24.8 Å². The Labute approximate surface area is 138 Å². The molecule has 1 N–H and O–H groups in total. The van der Waals surface area contributed by atoms with Gasteiger partial charge in [0.2, 0.25) is 0 Å². The van der Waals surface area contributed by atoms with Crippen LogP contribution < -0.4 is 14.8 Å². The average Bonchev–Trinajstić information content (AvgIpc) is 2.62. The van der Waals surface area contributed by atoms with Gasteiger partial charge in [0.15, 0.2) is 11.5 Å². The first-order valence-corrected chi connectivity index (χ1v) is 8.49. The third-order valence-electron chi connectivity index (χ3n) is 4.44. The van der Waals surface area contributed by atoms with Gasteiger partial charge >= 0.3 is 0 Å². The summed E-state index contributed by atoms with van der Waals surface area (Å²) in [4.78, 5) is 0. The predicted molar refractivity (Wildman–Crippen MR) is 93.5 cm³/mol. The average molecular weight is 311 g/mol. The fourth-order valence-electron chi connectivity index (χ4n) is 3.13. The topological polar surface area (TPSA) is 30.5 Å². The van der Waals surface area contributed by atoms with Crippen LogP contribution in [-0.2, 0) is 6.42 Å². The van der Waals surface area contributed by atoms with Gasteiger partial charge in [-0.05, 0) is 56.0 Å². The van der Waals surface area contributed by atoms with Crippen LogP contribution in [-0.4, -0.2) is 19.7 Å². The first-order chi connectivity index (χ1) is 11.4. The second-order valence-electron chi connectivity index (χ2n) is 6.05. The number of benzene rings is 2. The van der Waals surface area contributed by atoms with Gasteiger partial charge in [-0.15, -0.1) is 0 Å². The van der Waals surface area contributed by atoms with Crippen molar-refractivity contribution in [3.8, 4) is 17.2 Å². The van der Waals surface area contributed by atoms with Crippen LogP contribution in [0.3, 0.4) is 0 Å². The third kappa shape index (κ3) is 4.26. The lowest BCUT2D eigenvalue weighted by atomic mass is 9.97. The number of rotatable bonds is 6. The Morgan fingerprint density at radius 2 is 1.70 bits per heavy atom. The Kier molecular flexibility index (Phi) is 5.54. The van der Waals surface area contributed by atoms with Gasteiger partial charge in [0.1, 0.15) is 5.75 Å². The second kappa shape index (κ2) is 8.02. The van der Waals surface area contributed by atoms with E-state index in [1.54, 1.807) is 7.11 Å². The van der Waals surface area contributed by atoms with Gasteiger partial charge in [-0.1, -0.05) is 36.8 Å². The summed E-state index contributed by atoms with van der Waals surface area (Å²) < 4.78 is 11.5. The summed E-state index contributed by atoms with van der Waals surface area (Å²) in [7, 11) is 1.67. The van der Waals surface area contributed by atoms with Gasteiger partial charge in [-0.2, -0.15) is 0 Å². The van der Waals surface area contributed by atoms with Crippen LogP contribution in [0.25, 0.3) is 0 Å². The van der Waals surface area contributed by atoms with Gasteiger partial charge in [0, 0.05) is 6.04 Å². The Morgan fingerprint density at radius 1 is 0.957 bits per heavy atom.